The van der Waals surface area contributed by atoms with E-state index in [4.69, 9.17) is 9.47 Å². The van der Waals surface area contributed by atoms with Crippen LogP contribution in [0.2, 0.25) is 0 Å². The number of cyclic esters (lactones) is 1. The minimum Gasteiger partial charge on any atom is -0.438 e. The largest absolute Gasteiger partial charge is 0.438 e. The number of carbonyl (C=O) groups is 1. The molecule has 29 heavy (non-hydrogen) atoms. The standard InChI is InChI=1S/C24H30BrNO3/c1-18(19-10-12-21(25)13-11-19)26-15-14-24(29-22(26)27,16-23(2,3)17-28-4)20-8-6-5-7-9-20/h5-13,18H,14-17H2,1-4H3/t18-,24-/m0/s1. The Morgan fingerprint density at radius 2 is 1.83 bits per heavy atom. The van der Waals surface area contributed by atoms with Gasteiger partial charge in [-0.05, 0) is 42.0 Å². The zero-order valence-corrected chi connectivity index (χ0v) is 19.2. The molecule has 1 amide bonds. The highest BCUT2D eigenvalue weighted by atomic mass is 79.9. The molecule has 0 unspecified atom stereocenters. The van der Waals surface area contributed by atoms with Gasteiger partial charge >= 0.3 is 6.09 Å². The lowest BCUT2D eigenvalue weighted by atomic mass is 9.75. The first-order valence-corrected chi connectivity index (χ1v) is 10.9. The third-order valence-electron chi connectivity index (χ3n) is 5.69. The van der Waals surface area contributed by atoms with Crippen LogP contribution in [0.5, 0.6) is 0 Å². The van der Waals surface area contributed by atoms with Crippen LogP contribution < -0.4 is 0 Å². The van der Waals surface area contributed by atoms with E-state index in [9.17, 15) is 4.79 Å². The molecule has 0 aromatic heterocycles. The number of rotatable bonds is 7. The highest BCUT2D eigenvalue weighted by Gasteiger charge is 2.46. The molecule has 0 spiro atoms. The summed E-state index contributed by atoms with van der Waals surface area (Å²) in [4.78, 5) is 15.0. The van der Waals surface area contributed by atoms with E-state index < -0.39 is 5.60 Å². The van der Waals surface area contributed by atoms with Crippen LogP contribution >= 0.6 is 15.9 Å². The zero-order chi connectivity index (χ0) is 21.1. The van der Waals surface area contributed by atoms with E-state index >= 15 is 0 Å². The Balaban J connectivity index is 1.86. The number of hydrogen-bond acceptors (Lipinski definition) is 3. The van der Waals surface area contributed by atoms with Crippen LogP contribution in [-0.2, 0) is 15.1 Å². The molecule has 1 saturated heterocycles. The Hall–Kier alpha value is -1.85. The van der Waals surface area contributed by atoms with E-state index in [2.05, 4.69) is 48.8 Å². The number of carbonyl (C=O) groups excluding carboxylic acids is 1. The van der Waals surface area contributed by atoms with E-state index in [-0.39, 0.29) is 17.6 Å². The number of benzene rings is 2. The molecule has 156 valence electrons. The highest BCUT2D eigenvalue weighted by molar-refractivity contribution is 9.10. The first-order chi connectivity index (χ1) is 13.8. The molecule has 0 aliphatic carbocycles. The van der Waals surface area contributed by atoms with Gasteiger partial charge in [-0.3, -0.25) is 0 Å². The van der Waals surface area contributed by atoms with Crippen molar-refractivity contribution in [3.63, 3.8) is 0 Å². The number of ether oxygens (including phenoxy) is 2. The van der Waals surface area contributed by atoms with Gasteiger partial charge in [0.1, 0.15) is 5.60 Å². The normalized spacial score (nSPS) is 21.0. The molecule has 0 saturated carbocycles. The van der Waals surface area contributed by atoms with Crippen LogP contribution in [0.4, 0.5) is 4.79 Å². The fourth-order valence-electron chi connectivity index (χ4n) is 4.33. The fraction of sp³-hybridized carbons (Fsp3) is 0.458. The Morgan fingerprint density at radius 1 is 1.17 bits per heavy atom. The number of methoxy groups -OCH3 is 1. The van der Waals surface area contributed by atoms with Gasteiger partial charge in [0.15, 0.2) is 0 Å². The first kappa shape index (κ1) is 21.8. The van der Waals surface area contributed by atoms with Crippen LogP contribution in [0.1, 0.15) is 50.8 Å². The molecule has 0 N–H and O–H groups in total. The van der Waals surface area contributed by atoms with Crippen LogP contribution in [0.3, 0.4) is 0 Å². The average Bonchev–Trinajstić information content (AvgIpc) is 2.68. The maximum Gasteiger partial charge on any atom is 0.411 e. The second-order valence-electron chi connectivity index (χ2n) is 8.67. The summed E-state index contributed by atoms with van der Waals surface area (Å²) in [5, 5.41) is 0. The molecule has 1 aliphatic heterocycles. The van der Waals surface area contributed by atoms with Crippen molar-refractivity contribution < 1.29 is 14.3 Å². The van der Waals surface area contributed by atoms with Gasteiger partial charge in [0.05, 0.1) is 12.6 Å². The summed E-state index contributed by atoms with van der Waals surface area (Å²) in [6.45, 7) is 7.62. The van der Waals surface area contributed by atoms with Gasteiger partial charge in [0, 0.05) is 24.5 Å². The van der Waals surface area contributed by atoms with Gasteiger partial charge in [-0.1, -0.05) is 72.2 Å². The lowest BCUT2D eigenvalue weighted by Gasteiger charge is -2.46. The number of nitrogens with zero attached hydrogens (tertiary/aromatic N) is 1. The predicted molar refractivity (Wildman–Crippen MR) is 119 cm³/mol. The van der Waals surface area contributed by atoms with Crippen LogP contribution in [0, 0.1) is 5.41 Å². The molecule has 2 atom stereocenters. The van der Waals surface area contributed by atoms with Gasteiger partial charge in [-0.15, -0.1) is 0 Å². The van der Waals surface area contributed by atoms with Crippen molar-refractivity contribution in [3.8, 4) is 0 Å². The zero-order valence-electron chi connectivity index (χ0n) is 17.7. The van der Waals surface area contributed by atoms with E-state index in [0.29, 0.717) is 19.6 Å². The van der Waals surface area contributed by atoms with Crippen molar-refractivity contribution in [2.75, 3.05) is 20.3 Å². The molecular weight excluding hydrogens is 430 g/mol. The smallest absolute Gasteiger partial charge is 0.411 e. The molecule has 1 fully saturated rings. The first-order valence-electron chi connectivity index (χ1n) is 10.1. The van der Waals surface area contributed by atoms with Crippen LogP contribution in [0.25, 0.3) is 0 Å². The van der Waals surface area contributed by atoms with E-state index in [1.807, 2.05) is 47.4 Å². The SMILES string of the molecule is COCC(C)(C)C[C@]1(c2ccccc2)CCN([C@@H](C)c2ccc(Br)cc2)C(=O)O1. The average molecular weight is 460 g/mol. The summed E-state index contributed by atoms with van der Waals surface area (Å²) in [7, 11) is 1.71. The second kappa shape index (κ2) is 8.88. The maximum absolute atomic E-state index is 13.2. The third-order valence-corrected chi connectivity index (χ3v) is 6.22. The van der Waals surface area contributed by atoms with E-state index in [0.717, 1.165) is 22.0 Å². The molecule has 1 aliphatic rings. The Kier molecular flexibility index (Phi) is 6.69. The molecule has 3 rings (SSSR count). The van der Waals surface area contributed by atoms with Gasteiger partial charge in [0.2, 0.25) is 0 Å². The second-order valence-corrected chi connectivity index (χ2v) is 9.59. The van der Waals surface area contributed by atoms with Gasteiger partial charge in [-0.2, -0.15) is 0 Å². The lowest BCUT2D eigenvalue weighted by Crippen LogP contribution is -2.50. The third kappa shape index (κ3) is 5.01. The van der Waals surface area contributed by atoms with Gasteiger partial charge in [0.25, 0.3) is 0 Å². The van der Waals surface area contributed by atoms with Gasteiger partial charge < -0.3 is 14.4 Å². The van der Waals surface area contributed by atoms with E-state index in [1.54, 1.807) is 7.11 Å². The monoisotopic (exact) mass is 459 g/mol. The Labute approximate surface area is 182 Å². The van der Waals surface area contributed by atoms with E-state index in [1.165, 1.54) is 0 Å². The topological polar surface area (TPSA) is 38.8 Å². The van der Waals surface area contributed by atoms with Crippen molar-refractivity contribution in [2.45, 2.75) is 45.3 Å². The van der Waals surface area contributed by atoms with Crippen molar-refractivity contribution in [2.24, 2.45) is 5.41 Å². The molecule has 2 aromatic carbocycles. The molecule has 5 heteroatoms. The number of halogens is 1. The number of amides is 1. The maximum atomic E-state index is 13.2. The van der Waals surface area contributed by atoms with Crippen molar-refractivity contribution in [3.05, 3.63) is 70.2 Å². The predicted octanol–water partition coefficient (Wildman–Crippen LogP) is 6.31. The summed E-state index contributed by atoms with van der Waals surface area (Å²) in [6.07, 6.45) is 1.20. The van der Waals surface area contributed by atoms with Crippen LogP contribution in [0.15, 0.2) is 59.1 Å². The molecule has 4 nitrogen and oxygen atoms in total. The Morgan fingerprint density at radius 3 is 2.41 bits per heavy atom. The number of hydrogen-bond donors (Lipinski definition) is 0. The fourth-order valence-corrected chi connectivity index (χ4v) is 4.59. The van der Waals surface area contributed by atoms with Crippen LogP contribution in [-0.4, -0.2) is 31.3 Å². The highest BCUT2D eigenvalue weighted by Crippen LogP contribution is 2.44. The molecular formula is C24H30BrNO3. The van der Waals surface area contributed by atoms with Crippen molar-refractivity contribution >= 4 is 22.0 Å². The lowest BCUT2D eigenvalue weighted by molar-refractivity contribution is -0.0901. The minimum absolute atomic E-state index is 0.0450. The summed E-state index contributed by atoms with van der Waals surface area (Å²) in [5.41, 5.74) is 1.38. The van der Waals surface area contributed by atoms with Crippen molar-refractivity contribution in [1.82, 2.24) is 4.90 Å². The van der Waals surface area contributed by atoms with Crippen molar-refractivity contribution in [1.29, 1.82) is 0 Å². The summed E-state index contributed by atoms with van der Waals surface area (Å²) < 4.78 is 12.7. The molecule has 0 radical (unpaired) electrons. The summed E-state index contributed by atoms with van der Waals surface area (Å²) in [6, 6.07) is 18.2. The van der Waals surface area contributed by atoms with Gasteiger partial charge in [-0.25, -0.2) is 4.79 Å². The quantitative estimate of drug-likeness (QED) is 0.486. The summed E-state index contributed by atoms with van der Waals surface area (Å²) >= 11 is 3.47. The molecule has 1 heterocycles. The molecule has 0 bridgehead atoms. The summed E-state index contributed by atoms with van der Waals surface area (Å²) in [5.74, 6) is 0. The minimum atomic E-state index is -0.643. The Bertz CT molecular complexity index is 822. The molecule has 2 aromatic rings.